The van der Waals surface area contributed by atoms with E-state index in [9.17, 15) is 9.59 Å². The monoisotopic (exact) mass is 345 g/mol. The van der Waals surface area contributed by atoms with Crippen LogP contribution in [0.25, 0.3) is 5.70 Å². The molecule has 0 N–H and O–H groups in total. The lowest BCUT2D eigenvalue weighted by Crippen LogP contribution is -2.27. The van der Waals surface area contributed by atoms with Crippen LogP contribution >= 0.6 is 0 Å². The minimum atomic E-state index is -0.0260. The van der Waals surface area contributed by atoms with Crippen LogP contribution in [0, 0.1) is 6.92 Å². The maximum Gasteiger partial charge on any atom is 0.191 e. The van der Waals surface area contributed by atoms with Gasteiger partial charge in [-0.3, -0.25) is 9.59 Å². The van der Waals surface area contributed by atoms with E-state index in [4.69, 9.17) is 0 Å². The Morgan fingerprint density at radius 2 is 1.50 bits per heavy atom. The number of carbonyl (C=O) groups is 2. The van der Waals surface area contributed by atoms with Gasteiger partial charge in [0, 0.05) is 35.9 Å². The SMILES string of the molecule is CC(=O)C1=C(C)N(C)C(c2ccccc2)=C(C(=O)c2ccc(C)cc2)C1. The van der Waals surface area contributed by atoms with Gasteiger partial charge in [0.15, 0.2) is 11.6 Å². The van der Waals surface area contributed by atoms with E-state index in [1.807, 2.05) is 80.4 Å². The summed E-state index contributed by atoms with van der Waals surface area (Å²) in [7, 11) is 1.92. The van der Waals surface area contributed by atoms with Crippen molar-refractivity contribution in [3.63, 3.8) is 0 Å². The summed E-state index contributed by atoms with van der Waals surface area (Å²) in [6, 6.07) is 17.5. The quantitative estimate of drug-likeness (QED) is 0.748. The fraction of sp³-hybridized carbons (Fsp3) is 0.217. The standard InChI is InChI=1S/C23H23NO2/c1-15-10-12-19(13-11-15)23(26)21-14-20(17(3)25)16(2)24(4)22(21)18-8-6-5-7-9-18/h5-13H,14H2,1-4H3. The smallest absolute Gasteiger partial charge is 0.191 e. The van der Waals surface area contributed by atoms with Crippen LogP contribution in [0.3, 0.4) is 0 Å². The van der Waals surface area contributed by atoms with Gasteiger partial charge in [-0.1, -0.05) is 60.2 Å². The van der Waals surface area contributed by atoms with E-state index in [0.717, 1.165) is 22.5 Å². The maximum atomic E-state index is 13.3. The van der Waals surface area contributed by atoms with Crippen LogP contribution < -0.4 is 0 Å². The van der Waals surface area contributed by atoms with Crippen molar-refractivity contribution >= 4 is 17.3 Å². The van der Waals surface area contributed by atoms with Crippen molar-refractivity contribution in [1.29, 1.82) is 0 Å². The average molecular weight is 345 g/mol. The summed E-state index contributed by atoms with van der Waals surface area (Å²) in [6.45, 7) is 5.50. The molecule has 0 spiro atoms. The molecule has 0 saturated carbocycles. The first-order valence-corrected chi connectivity index (χ1v) is 8.74. The number of ketones is 2. The van der Waals surface area contributed by atoms with Crippen LogP contribution in [-0.2, 0) is 4.79 Å². The van der Waals surface area contributed by atoms with Crippen LogP contribution in [0.1, 0.15) is 41.8 Å². The van der Waals surface area contributed by atoms with Gasteiger partial charge < -0.3 is 4.90 Å². The molecule has 2 aromatic carbocycles. The number of aryl methyl sites for hydroxylation is 1. The molecule has 1 heterocycles. The molecule has 2 aromatic rings. The van der Waals surface area contributed by atoms with Crippen LogP contribution in [0.5, 0.6) is 0 Å². The van der Waals surface area contributed by atoms with E-state index in [0.29, 0.717) is 23.1 Å². The second-order valence-electron chi connectivity index (χ2n) is 6.74. The first-order valence-electron chi connectivity index (χ1n) is 8.74. The van der Waals surface area contributed by atoms with Crippen molar-refractivity contribution in [2.45, 2.75) is 27.2 Å². The summed E-state index contributed by atoms with van der Waals surface area (Å²) in [5.41, 5.74) is 5.87. The third kappa shape index (κ3) is 3.25. The minimum Gasteiger partial charge on any atom is -0.347 e. The number of hydrogen-bond donors (Lipinski definition) is 0. The highest BCUT2D eigenvalue weighted by Gasteiger charge is 2.29. The second-order valence-corrected chi connectivity index (χ2v) is 6.74. The van der Waals surface area contributed by atoms with Crippen molar-refractivity contribution < 1.29 is 9.59 Å². The summed E-state index contributed by atoms with van der Waals surface area (Å²) >= 11 is 0. The van der Waals surface area contributed by atoms with Gasteiger partial charge in [0.2, 0.25) is 0 Å². The first kappa shape index (κ1) is 17.9. The molecule has 3 heteroatoms. The summed E-state index contributed by atoms with van der Waals surface area (Å²) in [6.07, 6.45) is 0.364. The van der Waals surface area contributed by atoms with Gasteiger partial charge in [0.1, 0.15) is 0 Å². The largest absolute Gasteiger partial charge is 0.347 e. The van der Waals surface area contributed by atoms with Crippen LogP contribution in [0.15, 0.2) is 71.4 Å². The molecule has 0 aliphatic carbocycles. The van der Waals surface area contributed by atoms with E-state index in [-0.39, 0.29) is 11.6 Å². The molecule has 0 fully saturated rings. The molecule has 3 nitrogen and oxygen atoms in total. The minimum absolute atomic E-state index is 0.00988. The fourth-order valence-electron chi connectivity index (χ4n) is 3.37. The predicted octanol–water partition coefficient (Wildman–Crippen LogP) is 4.79. The molecule has 0 radical (unpaired) electrons. The van der Waals surface area contributed by atoms with Crippen molar-refractivity contribution in [3.05, 3.63) is 88.1 Å². The number of carbonyl (C=O) groups excluding carboxylic acids is 2. The molecule has 0 aromatic heterocycles. The van der Waals surface area contributed by atoms with Crippen LogP contribution in [0.4, 0.5) is 0 Å². The molecule has 1 aliphatic heterocycles. The molecule has 3 rings (SSSR count). The summed E-state index contributed by atoms with van der Waals surface area (Å²) in [4.78, 5) is 27.4. The summed E-state index contributed by atoms with van der Waals surface area (Å²) in [5.74, 6) is -0.0161. The Labute approximate surface area is 154 Å². The maximum absolute atomic E-state index is 13.3. The van der Waals surface area contributed by atoms with E-state index < -0.39 is 0 Å². The second kappa shape index (κ2) is 7.12. The Morgan fingerprint density at radius 3 is 2.08 bits per heavy atom. The van der Waals surface area contributed by atoms with E-state index in [1.165, 1.54) is 0 Å². The summed E-state index contributed by atoms with van der Waals surface area (Å²) in [5, 5.41) is 0. The molecule has 0 saturated heterocycles. The molecular weight excluding hydrogens is 322 g/mol. The predicted molar refractivity (Wildman–Crippen MR) is 105 cm³/mol. The Balaban J connectivity index is 2.17. The zero-order chi connectivity index (χ0) is 18.8. The zero-order valence-corrected chi connectivity index (χ0v) is 15.7. The molecule has 132 valence electrons. The van der Waals surface area contributed by atoms with E-state index in [1.54, 1.807) is 6.92 Å². The number of allylic oxidation sites excluding steroid dienone is 3. The van der Waals surface area contributed by atoms with E-state index in [2.05, 4.69) is 0 Å². The van der Waals surface area contributed by atoms with Gasteiger partial charge in [0.05, 0.1) is 5.70 Å². The lowest BCUT2D eigenvalue weighted by Gasteiger charge is -2.33. The molecule has 0 amide bonds. The number of hydrogen-bond acceptors (Lipinski definition) is 3. The van der Waals surface area contributed by atoms with Gasteiger partial charge in [-0.2, -0.15) is 0 Å². The highest BCUT2D eigenvalue weighted by atomic mass is 16.1. The normalized spacial score (nSPS) is 14.7. The number of Topliss-reactive ketones (excluding diaryl/α,β-unsaturated/α-hetero) is 2. The van der Waals surface area contributed by atoms with Crippen LogP contribution in [-0.4, -0.2) is 23.5 Å². The Morgan fingerprint density at radius 1 is 0.885 bits per heavy atom. The van der Waals surface area contributed by atoms with Crippen LogP contribution in [0.2, 0.25) is 0 Å². The molecule has 0 unspecified atom stereocenters. The van der Waals surface area contributed by atoms with Gasteiger partial charge in [-0.15, -0.1) is 0 Å². The third-order valence-electron chi connectivity index (χ3n) is 4.97. The highest BCUT2D eigenvalue weighted by Crippen LogP contribution is 2.37. The lowest BCUT2D eigenvalue weighted by molar-refractivity contribution is -0.113. The Hall–Kier alpha value is -2.94. The van der Waals surface area contributed by atoms with Gasteiger partial charge in [-0.25, -0.2) is 0 Å². The van der Waals surface area contributed by atoms with Gasteiger partial charge in [0.25, 0.3) is 0 Å². The first-order chi connectivity index (χ1) is 12.4. The lowest BCUT2D eigenvalue weighted by atomic mass is 9.87. The Bertz CT molecular complexity index is 918. The van der Waals surface area contributed by atoms with Crippen molar-refractivity contribution in [2.24, 2.45) is 0 Å². The third-order valence-corrected chi connectivity index (χ3v) is 4.97. The molecule has 26 heavy (non-hydrogen) atoms. The highest BCUT2D eigenvalue weighted by molar-refractivity contribution is 6.15. The Kier molecular flexibility index (Phi) is 4.90. The average Bonchev–Trinajstić information content (AvgIpc) is 2.64. The van der Waals surface area contributed by atoms with Crippen molar-refractivity contribution in [2.75, 3.05) is 7.05 Å². The molecular formula is C23H23NO2. The number of benzene rings is 2. The van der Waals surface area contributed by atoms with E-state index >= 15 is 0 Å². The number of rotatable bonds is 4. The fourth-order valence-corrected chi connectivity index (χ4v) is 3.37. The topological polar surface area (TPSA) is 37.4 Å². The molecule has 1 aliphatic rings. The number of nitrogens with zero attached hydrogens (tertiary/aromatic N) is 1. The molecule has 0 bridgehead atoms. The van der Waals surface area contributed by atoms with Crippen molar-refractivity contribution in [3.8, 4) is 0 Å². The molecule has 0 atom stereocenters. The van der Waals surface area contributed by atoms with Gasteiger partial charge in [-0.05, 0) is 26.3 Å². The van der Waals surface area contributed by atoms with Crippen molar-refractivity contribution in [1.82, 2.24) is 4.90 Å². The van der Waals surface area contributed by atoms with Gasteiger partial charge >= 0.3 is 0 Å². The summed E-state index contributed by atoms with van der Waals surface area (Å²) < 4.78 is 0. The zero-order valence-electron chi connectivity index (χ0n) is 15.7.